The average molecular weight is 304 g/mol. The van der Waals surface area contributed by atoms with Crippen LogP contribution >= 0.6 is 0 Å². The van der Waals surface area contributed by atoms with Crippen molar-refractivity contribution in [2.45, 2.75) is 52.1 Å². The van der Waals surface area contributed by atoms with Gasteiger partial charge in [-0.2, -0.15) is 12.7 Å². The molecule has 0 amide bonds. The summed E-state index contributed by atoms with van der Waals surface area (Å²) < 4.78 is 29.0. The maximum Gasteiger partial charge on any atom is 0.279 e. The topological polar surface area (TPSA) is 69.6 Å². The molecule has 1 heterocycles. The number of hydrogen-bond donors (Lipinski definition) is 2. The van der Waals surface area contributed by atoms with Gasteiger partial charge in [0.05, 0.1) is 6.10 Å². The highest BCUT2D eigenvalue weighted by Gasteiger charge is 2.31. The molecule has 5 nitrogen and oxygen atoms in total. The van der Waals surface area contributed by atoms with E-state index in [0.717, 1.165) is 32.1 Å². The van der Waals surface area contributed by atoms with Gasteiger partial charge in [0.25, 0.3) is 10.2 Å². The van der Waals surface area contributed by atoms with Crippen LogP contribution in [0.1, 0.15) is 46.0 Å². The number of nitrogens with one attached hydrogen (secondary N) is 1. The summed E-state index contributed by atoms with van der Waals surface area (Å²) in [7, 11) is -3.36. The molecular weight excluding hydrogens is 276 g/mol. The SMILES string of the molecule is CC1CC(C)CN(S(=O)(=O)NCC2CCCC(O)C2)C1. The highest BCUT2D eigenvalue weighted by Crippen LogP contribution is 2.25. The first-order chi connectivity index (χ1) is 9.37. The van der Waals surface area contributed by atoms with Gasteiger partial charge < -0.3 is 5.11 Å². The standard InChI is InChI=1S/C14H28N2O3S/c1-11-6-12(2)10-16(9-11)20(18,19)15-8-13-4-3-5-14(17)7-13/h11-15,17H,3-10H2,1-2H3. The van der Waals surface area contributed by atoms with Crippen LogP contribution < -0.4 is 4.72 Å². The molecule has 0 aromatic heterocycles. The lowest BCUT2D eigenvalue weighted by Gasteiger charge is -2.34. The first-order valence-electron chi connectivity index (χ1n) is 7.79. The van der Waals surface area contributed by atoms with Crippen molar-refractivity contribution in [3.05, 3.63) is 0 Å². The Morgan fingerprint density at radius 3 is 2.40 bits per heavy atom. The molecule has 0 spiro atoms. The maximum atomic E-state index is 12.4. The Morgan fingerprint density at radius 2 is 1.80 bits per heavy atom. The first kappa shape index (κ1) is 16.2. The maximum absolute atomic E-state index is 12.4. The minimum absolute atomic E-state index is 0.256. The van der Waals surface area contributed by atoms with Crippen molar-refractivity contribution in [3.8, 4) is 0 Å². The predicted octanol–water partition coefficient (Wildman–Crippen LogP) is 1.35. The number of aliphatic hydroxyl groups excluding tert-OH is 1. The number of aliphatic hydroxyl groups is 1. The zero-order valence-corrected chi connectivity index (χ0v) is 13.4. The second-order valence-corrected chi connectivity index (χ2v) is 8.56. The van der Waals surface area contributed by atoms with Crippen LogP contribution in [0, 0.1) is 17.8 Å². The summed E-state index contributed by atoms with van der Waals surface area (Å²) in [5.74, 6) is 1.12. The molecule has 20 heavy (non-hydrogen) atoms. The Kier molecular flexibility index (Phi) is 5.45. The van der Waals surface area contributed by atoms with E-state index in [2.05, 4.69) is 18.6 Å². The highest BCUT2D eigenvalue weighted by atomic mass is 32.2. The third-order valence-corrected chi connectivity index (χ3v) is 5.99. The molecule has 6 heteroatoms. The lowest BCUT2D eigenvalue weighted by molar-refractivity contribution is 0.102. The van der Waals surface area contributed by atoms with Crippen LogP contribution in [0.2, 0.25) is 0 Å². The van der Waals surface area contributed by atoms with Gasteiger partial charge in [0, 0.05) is 19.6 Å². The Bertz CT molecular complexity index is 403. The minimum atomic E-state index is -3.36. The smallest absolute Gasteiger partial charge is 0.279 e. The summed E-state index contributed by atoms with van der Waals surface area (Å²) in [6, 6.07) is 0. The summed E-state index contributed by atoms with van der Waals surface area (Å²) in [5.41, 5.74) is 0. The predicted molar refractivity (Wildman–Crippen MR) is 79.4 cm³/mol. The molecule has 2 aliphatic rings. The monoisotopic (exact) mass is 304 g/mol. The van der Waals surface area contributed by atoms with Gasteiger partial charge in [0.2, 0.25) is 0 Å². The van der Waals surface area contributed by atoms with Crippen LogP contribution in [-0.4, -0.2) is 43.6 Å². The van der Waals surface area contributed by atoms with E-state index in [1.165, 1.54) is 0 Å². The van der Waals surface area contributed by atoms with Crippen LogP contribution in [0.5, 0.6) is 0 Å². The highest BCUT2D eigenvalue weighted by molar-refractivity contribution is 7.87. The Labute approximate surface area is 122 Å². The molecule has 1 aliphatic carbocycles. The lowest BCUT2D eigenvalue weighted by atomic mass is 9.87. The molecule has 1 saturated heterocycles. The van der Waals surface area contributed by atoms with Crippen LogP contribution in [-0.2, 0) is 10.2 Å². The second kappa shape index (κ2) is 6.73. The molecule has 0 aromatic carbocycles. The third kappa shape index (κ3) is 4.41. The van der Waals surface area contributed by atoms with E-state index in [-0.39, 0.29) is 12.0 Å². The fourth-order valence-electron chi connectivity index (χ4n) is 3.56. The molecule has 0 bridgehead atoms. The summed E-state index contributed by atoms with van der Waals surface area (Å²) in [4.78, 5) is 0. The van der Waals surface area contributed by atoms with Crippen molar-refractivity contribution in [2.24, 2.45) is 17.8 Å². The van der Waals surface area contributed by atoms with Crippen molar-refractivity contribution >= 4 is 10.2 Å². The minimum Gasteiger partial charge on any atom is -0.393 e. The molecule has 4 atom stereocenters. The quantitative estimate of drug-likeness (QED) is 0.824. The van der Waals surface area contributed by atoms with E-state index >= 15 is 0 Å². The largest absolute Gasteiger partial charge is 0.393 e. The van der Waals surface area contributed by atoms with Crippen LogP contribution in [0.4, 0.5) is 0 Å². The Balaban J connectivity index is 1.87. The van der Waals surface area contributed by atoms with Gasteiger partial charge in [-0.25, -0.2) is 4.72 Å². The average Bonchev–Trinajstić information content (AvgIpc) is 2.35. The van der Waals surface area contributed by atoms with E-state index < -0.39 is 10.2 Å². The Hall–Kier alpha value is -0.170. The van der Waals surface area contributed by atoms with E-state index in [9.17, 15) is 13.5 Å². The zero-order valence-electron chi connectivity index (χ0n) is 12.6. The van der Waals surface area contributed by atoms with E-state index in [1.807, 2.05) is 0 Å². The second-order valence-electron chi connectivity index (χ2n) is 6.80. The van der Waals surface area contributed by atoms with Crippen LogP contribution in [0.15, 0.2) is 0 Å². The van der Waals surface area contributed by atoms with Gasteiger partial charge in [-0.3, -0.25) is 0 Å². The van der Waals surface area contributed by atoms with Gasteiger partial charge in [0.15, 0.2) is 0 Å². The molecule has 118 valence electrons. The van der Waals surface area contributed by atoms with Crippen molar-refractivity contribution in [3.63, 3.8) is 0 Å². The van der Waals surface area contributed by atoms with Gasteiger partial charge in [-0.15, -0.1) is 0 Å². The fraction of sp³-hybridized carbons (Fsp3) is 1.00. The zero-order chi connectivity index (χ0) is 14.8. The van der Waals surface area contributed by atoms with E-state index in [4.69, 9.17) is 0 Å². The molecule has 2 N–H and O–H groups in total. The van der Waals surface area contributed by atoms with E-state index in [0.29, 0.717) is 31.5 Å². The van der Waals surface area contributed by atoms with Crippen LogP contribution in [0.25, 0.3) is 0 Å². The molecular formula is C14H28N2O3S. The van der Waals surface area contributed by atoms with Crippen molar-refractivity contribution in [1.29, 1.82) is 0 Å². The summed E-state index contributed by atoms with van der Waals surface area (Å²) in [5, 5.41) is 9.64. The Morgan fingerprint density at radius 1 is 1.15 bits per heavy atom. The lowest BCUT2D eigenvalue weighted by Crippen LogP contribution is -2.49. The van der Waals surface area contributed by atoms with Crippen molar-refractivity contribution in [1.82, 2.24) is 9.03 Å². The molecule has 2 fully saturated rings. The van der Waals surface area contributed by atoms with E-state index in [1.54, 1.807) is 4.31 Å². The normalized spacial score (nSPS) is 37.0. The van der Waals surface area contributed by atoms with Crippen molar-refractivity contribution in [2.75, 3.05) is 19.6 Å². The van der Waals surface area contributed by atoms with Gasteiger partial charge in [-0.1, -0.05) is 20.3 Å². The summed E-state index contributed by atoms with van der Waals surface area (Å²) in [6.45, 7) is 5.91. The van der Waals surface area contributed by atoms with Crippen molar-refractivity contribution < 1.29 is 13.5 Å². The van der Waals surface area contributed by atoms with Gasteiger partial charge in [-0.05, 0) is 43.4 Å². The summed E-state index contributed by atoms with van der Waals surface area (Å²) in [6.07, 6.45) is 4.41. The molecule has 1 aliphatic heterocycles. The number of hydrogen-bond acceptors (Lipinski definition) is 3. The molecule has 2 rings (SSSR count). The molecule has 1 saturated carbocycles. The number of piperidine rings is 1. The molecule has 0 aromatic rings. The summed E-state index contributed by atoms with van der Waals surface area (Å²) >= 11 is 0. The van der Waals surface area contributed by atoms with Gasteiger partial charge in [0.1, 0.15) is 0 Å². The molecule has 4 unspecified atom stereocenters. The molecule has 0 radical (unpaired) electrons. The third-order valence-electron chi connectivity index (χ3n) is 4.48. The number of nitrogens with zero attached hydrogens (tertiary/aromatic N) is 1. The fourth-order valence-corrected chi connectivity index (χ4v) is 5.09. The first-order valence-corrected chi connectivity index (χ1v) is 9.23. The number of rotatable bonds is 4. The van der Waals surface area contributed by atoms with Gasteiger partial charge >= 0.3 is 0 Å². The van der Waals surface area contributed by atoms with Crippen LogP contribution in [0.3, 0.4) is 0 Å².